The third-order valence-electron chi connectivity index (χ3n) is 3.45. The lowest BCUT2D eigenvalue weighted by molar-refractivity contribution is 0.290. The first kappa shape index (κ1) is 15.3. The van der Waals surface area contributed by atoms with Crippen LogP contribution in [0.4, 0.5) is 4.39 Å². The SMILES string of the molecule is CNC(C)c1ccc(F)cc1OCc1ccccc1OC. The molecule has 0 radical (unpaired) electrons. The van der Waals surface area contributed by atoms with Crippen molar-refractivity contribution < 1.29 is 13.9 Å². The Morgan fingerprint density at radius 2 is 1.90 bits per heavy atom. The molecule has 0 spiro atoms. The maximum absolute atomic E-state index is 13.5. The molecule has 0 fully saturated rings. The first-order valence-electron chi connectivity index (χ1n) is 6.87. The van der Waals surface area contributed by atoms with Crippen molar-refractivity contribution in [1.82, 2.24) is 5.32 Å². The fourth-order valence-corrected chi connectivity index (χ4v) is 2.12. The predicted octanol–water partition coefficient (Wildman–Crippen LogP) is 3.69. The van der Waals surface area contributed by atoms with Crippen LogP contribution in [0, 0.1) is 5.82 Å². The average Bonchev–Trinajstić information content (AvgIpc) is 2.52. The summed E-state index contributed by atoms with van der Waals surface area (Å²) in [6.45, 7) is 2.33. The lowest BCUT2D eigenvalue weighted by Crippen LogP contribution is -2.14. The molecule has 0 amide bonds. The molecule has 0 saturated heterocycles. The van der Waals surface area contributed by atoms with Crippen molar-refractivity contribution in [3.8, 4) is 11.5 Å². The van der Waals surface area contributed by atoms with Crippen LogP contribution in [-0.4, -0.2) is 14.2 Å². The molecule has 0 saturated carbocycles. The Morgan fingerprint density at radius 3 is 2.62 bits per heavy atom. The molecule has 2 aromatic carbocycles. The molecule has 0 aliphatic heterocycles. The number of rotatable bonds is 6. The van der Waals surface area contributed by atoms with E-state index < -0.39 is 0 Å². The minimum atomic E-state index is -0.308. The second-order valence-electron chi connectivity index (χ2n) is 4.79. The van der Waals surface area contributed by atoms with Gasteiger partial charge in [0, 0.05) is 23.2 Å². The van der Waals surface area contributed by atoms with Crippen LogP contribution in [-0.2, 0) is 6.61 Å². The summed E-state index contributed by atoms with van der Waals surface area (Å²) in [5, 5.41) is 3.13. The molecule has 1 unspecified atom stereocenters. The lowest BCUT2D eigenvalue weighted by atomic mass is 10.1. The van der Waals surface area contributed by atoms with Gasteiger partial charge in [-0.15, -0.1) is 0 Å². The summed E-state index contributed by atoms with van der Waals surface area (Å²) in [4.78, 5) is 0. The van der Waals surface area contributed by atoms with Crippen molar-refractivity contribution in [2.75, 3.05) is 14.2 Å². The van der Waals surface area contributed by atoms with Gasteiger partial charge in [-0.05, 0) is 26.1 Å². The van der Waals surface area contributed by atoms with Crippen LogP contribution in [0.25, 0.3) is 0 Å². The first-order valence-corrected chi connectivity index (χ1v) is 6.87. The summed E-state index contributed by atoms with van der Waals surface area (Å²) < 4.78 is 24.6. The summed E-state index contributed by atoms with van der Waals surface area (Å²) in [6, 6.07) is 12.3. The van der Waals surface area contributed by atoms with Crippen molar-refractivity contribution >= 4 is 0 Å². The Labute approximate surface area is 124 Å². The molecule has 0 aromatic heterocycles. The molecule has 2 rings (SSSR count). The Morgan fingerprint density at radius 1 is 1.14 bits per heavy atom. The molecule has 0 aliphatic carbocycles. The van der Waals surface area contributed by atoms with Gasteiger partial charge in [0.15, 0.2) is 0 Å². The summed E-state index contributed by atoms with van der Waals surface area (Å²) >= 11 is 0. The van der Waals surface area contributed by atoms with E-state index in [0.29, 0.717) is 12.4 Å². The predicted molar refractivity (Wildman–Crippen MR) is 81.2 cm³/mol. The largest absolute Gasteiger partial charge is 0.496 e. The number of ether oxygens (including phenoxy) is 2. The molecule has 1 atom stereocenters. The Hall–Kier alpha value is -2.07. The van der Waals surface area contributed by atoms with Gasteiger partial charge >= 0.3 is 0 Å². The first-order chi connectivity index (χ1) is 10.2. The van der Waals surface area contributed by atoms with E-state index in [4.69, 9.17) is 9.47 Å². The van der Waals surface area contributed by atoms with Crippen molar-refractivity contribution in [3.63, 3.8) is 0 Å². The number of hydrogen-bond donors (Lipinski definition) is 1. The van der Waals surface area contributed by atoms with Gasteiger partial charge in [-0.2, -0.15) is 0 Å². The molecule has 3 nitrogen and oxygen atoms in total. The molecule has 0 bridgehead atoms. The van der Waals surface area contributed by atoms with Crippen molar-refractivity contribution in [1.29, 1.82) is 0 Å². The summed E-state index contributed by atoms with van der Waals surface area (Å²) in [5.74, 6) is 0.997. The highest BCUT2D eigenvalue weighted by Gasteiger charge is 2.12. The van der Waals surface area contributed by atoms with Crippen molar-refractivity contribution in [2.24, 2.45) is 0 Å². The zero-order valence-electron chi connectivity index (χ0n) is 12.5. The number of methoxy groups -OCH3 is 1. The van der Waals surface area contributed by atoms with Gasteiger partial charge in [0.25, 0.3) is 0 Å². The van der Waals surface area contributed by atoms with E-state index in [1.807, 2.05) is 38.2 Å². The number of benzene rings is 2. The Balaban J connectivity index is 2.21. The van der Waals surface area contributed by atoms with Crippen LogP contribution < -0.4 is 14.8 Å². The van der Waals surface area contributed by atoms with Gasteiger partial charge in [0.2, 0.25) is 0 Å². The topological polar surface area (TPSA) is 30.5 Å². The normalized spacial score (nSPS) is 12.0. The summed E-state index contributed by atoms with van der Waals surface area (Å²) in [6.07, 6.45) is 0. The van der Waals surface area contributed by atoms with E-state index >= 15 is 0 Å². The highest BCUT2D eigenvalue weighted by molar-refractivity contribution is 5.38. The Bertz CT molecular complexity index is 601. The number of para-hydroxylation sites is 1. The van der Waals surface area contributed by atoms with Crippen LogP contribution in [0.15, 0.2) is 42.5 Å². The maximum Gasteiger partial charge on any atom is 0.127 e. The van der Waals surface area contributed by atoms with E-state index in [0.717, 1.165) is 16.9 Å². The van der Waals surface area contributed by atoms with Crippen LogP contribution in [0.5, 0.6) is 11.5 Å². The van der Waals surface area contributed by atoms with Crippen LogP contribution in [0.3, 0.4) is 0 Å². The third-order valence-corrected chi connectivity index (χ3v) is 3.45. The summed E-state index contributed by atoms with van der Waals surface area (Å²) in [5.41, 5.74) is 1.85. The molecule has 0 aliphatic rings. The van der Waals surface area contributed by atoms with Crippen LogP contribution in [0.2, 0.25) is 0 Å². The molecule has 1 N–H and O–H groups in total. The number of nitrogens with one attached hydrogen (secondary N) is 1. The second-order valence-corrected chi connectivity index (χ2v) is 4.79. The second kappa shape index (κ2) is 7.09. The Kier molecular flexibility index (Phi) is 5.17. The smallest absolute Gasteiger partial charge is 0.127 e. The number of hydrogen-bond acceptors (Lipinski definition) is 3. The van der Waals surface area contributed by atoms with E-state index in [1.165, 1.54) is 12.1 Å². The molecule has 2 aromatic rings. The molecule has 112 valence electrons. The highest BCUT2D eigenvalue weighted by atomic mass is 19.1. The van der Waals surface area contributed by atoms with Gasteiger partial charge in [-0.25, -0.2) is 4.39 Å². The molecule has 4 heteroatoms. The van der Waals surface area contributed by atoms with E-state index in [2.05, 4.69) is 5.32 Å². The summed E-state index contributed by atoms with van der Waals surface area (Å²) in [7, 11) is 3.48. The minimum Gasteiger partial charge on any atom is -0.496 e. The fraction of sp³-hybridized carbons (Fsp3) is 0.294. The van der Waals surface area contributed by atoms with Gasteiger partial charge in [-0.3, -0.25) is 0 Å². The van der Waals surface area contributed by atoms with Gasteiger partial charge in [0.05, 0.1) is 7.11 Å². The highest BCUT2D eigenvalue weighted by Crippen LogP contribution is 2.28. The molecule has 0 heterocycles. The average molecular weight is 289 g/mol. The monoisotopic (exact) mass is 289 g/mol. The van der Waals surface area contributed by atoms with E-state index in [9.17, 15) is 4.39 Å². The number of halogens is 1. The van der Waals surface area contributed by atoms with E-state index in [1.54, 1.807) is 13.2 Å². The zero-order valence-corrected chi connectivity index (χ0v) is 12.5. The fourth-order valence-electron chi connectivity index (χ4n) is 2.12. The standard InChI is InChI=1S/C17H20FNO2/c1-12(19-2)15-9-8-14(18)10-17(15)21-11-13-6-4-5-7-16(13)20-3/h4-10,12,19H,11H2,1-3H3. The van der Waals surface area contributed by atoms with Crippen LogP contribution >= 0.6 is 0 Å². The maximum atomic E-state index is 13.5. The minimum absolute atomic E-state index is 0.0817. The molecule has 21 heavy (non-hydrogen) atoms. The van der Waals surface area contributed by atoms with Crippen LogP contribution in [0.1, 0.15) is 24.1 Å². The van der Waals surface area contributed by atoms with Gasteiger partial charge in [-0.1, -0.05) is 24.3 Å². The molecular weight excluding hydrogens is 269 g/mol. The van der Waals surface area contributed by atoms with Gasteiger partial charge in [0.1, 0.15) is 23.9 Å². The van der Waals surface area contributed by atoms with Gasteiger partial charge < -0.3 is 14.8 Å². The molecular formula is C17H20FNO2. The quantitative estimate of drug-likeness (QED) is 0.879. The zero-order chi connectivity index (χ0) is 15.2. The van der Waals surface area contributed by atoms with Crippen molar-refractivity contribution in [2.45, 2.75) is 19.6 Å². The lowest BCUT2D eigenvalue weighted by Gasteiger charge is -2.17. The third kappa shape index (κ3) is 3.73. The van der Waals surface area contributed by atoms with Crippen molar-refractivity contribution in [3.05, 3.63) is 59.4 Å². The van der Waals surface area contributed by atoms with E-state index in [-0.39, 0.29) is 11.9 Å².